The second kappa shape index (κ2) is 7.45. The van der Waals surface area contributed by atoms with Gasteiger partial charge in [0.1, 0.15) is 11.5 Å². The van der Waals surface area contributed by atoms with E-state index in [-0.39, 0.29) is 5.91 Å². The number of hydrogen-bond acceptors (Lipinski definition) is 4. The summed E-state index contributed by atoms with van der Waals surface area (Å²) in [6.07, 6.45) is 2.43. The van der Waals surface area contributed by atoms with E-state index in [1.165, 1.54) is 0 Å². The van der Waals surface area contributed by atoms with E-state index < -0.39 is 0 Å². The fraction of sp³-hybridized carbons (Fsp3) is 0.294. The third-order valence-electron chi connectivity index (χ3n) is 3.41. The van der Waals surface area contributed by atoms with Crippen LogP contribution in [0.1, 0.15) is 21.6 Å². The number of carbonyl (C=O) groups excluding carboxylic acids is 1. The molecule has 5 nitrogen and oxygen atoms in total. The van der Waals surface area contributed by atoms with Crippen LogP contribution in [0.4, 0.5) is 0 Å². The number of nitrogens with zero attached hydrogens (tertiary/aromatic N) is 1. The summed E-state index contributed by atoms with van der Waals surface area (Å²) in [4.78, 5) is 16.5. The van der Waals surface area contributed by atoms with Crippen LogP contribution in [0.3, 0.4) is 0 Å². The molecule has 0 spiro atoms. The molecule has 1 N–H and O–H groups in total. The van der Waals surface area contributed by atoms with Gasteiger partial charge in [0.05, 0.1) is 14.2 Å². The first-order valence-electron chi connectivity index (χ1n) is 7.06. The van der Waals surface area contributed by atoms with Gasteiger partial charge in [0.2, 0.25) is 0 Å². The molecule has 0 saturated heterocycles. The zero-order valence-corrected chi connectivity index (χ0v) is 13.1. The van der Waals surface area contributed by atoms with Gasteiger partial charge in [-0.05, 0) is 31.2 Å². The normalized spacial score (nSPS) is 10.1. The molecule has 2 aromatic rings. The maximum absolute atomic E-state index is 12.2. The van der Waals surface area contributed by atoms with Crippen LogP contribution in [0, 0.1) is 6.92 Å². The number of amides is 1. The first kappa shape index (κ1) is 15.8. The topological polar surface area (TPSA) is 60.5 Å². The molecule has 0 bridgehead atoms. The van der Waals surface area contributed by atoms with Crippen LogP contribution in [-0.2, 0) is 6.42 Å². The van der Waals surface area contributed by atoms with Gasteiger partial charge in [0.15, 0.2) is 0 Å². The Labute approximate surface area is 130 Å². The second-order valence-electron chi connectivity index (χ2n) is 4.83. The minimum absolute atomic E-state index is 0.160. The van der Waals surface area contributed by atoms with Gasteiger partial charge in [0.25, 0.3) is 5.91 Å². The number of rotatable bonds is 6. The standard InChI is InChI=1S/C17H20N2O3/c1-12-15(21-2)10-13(11-16(12)22-3)17(20)19-9-7-14-6-4-5-8-18-14/h4-6,8,10-11H,7,9H2,1-3H3,(H,19,20). The largest absolute Gasteiger partial charge is 0.496 e. The highest BCUT2D eigenvalue weighted by Gasteiger charge is 2.13. The van der Waals surface area contributed by atoms with E-state index in [1.807, 2.05) is 25.1 Å². The molecule has 0 fully saturated rings. The van der Waals surface area contributed by atoms with Crippen LogP contribution in [0.15, 0.2) is 36.5 Å². The Hall–Kier alpha value is -2.56. The van der Waals surface area contributed by atoms with Gasteiger partial charge in [-0.3, -0.25) is 9.78 Å². The Balaban J connectivity index is 2.03. The van der Waals surface area contributed by atoms with Crippen molar-refractivity contribution >= 4 is 5.91 Å². The molecule has 0 unspecified atom stereocenters. The smallest absolute Gasteiger partial charge is 0.251 e. The Bertz CT molecular complexity index is 617. The lowest BCUT2D eigenvalue weighted by molar-refractivity contribution is 0.0953. The van der Waals surface area contributed by atoms with Crippen LogP contribution in [0.2, 0.25) is 0 Å². The monoisotopic (exact) mass is 300 g/mol. The van der Waals surface area contributed by atoms with Gasteiger partial charge >= 0.3 is 0 Å². The summed E-state index contributed by atoms with van der Waals surface area (Å²) >= 11 is 0. The SMILES string of the molecule is COc1cc(C(=O)NCCc2ccccn2)cc(OC)c1C. The molecule has 0 aliphatic rings. The average molecular weight is 300 g/mol. The summed E-state index contributed by atoms with van der Waals surface area (Å²) in [5, 5.41) is 2.88. The molecule has 0 saturated carbocycles. The van der Waals surface area contributed by atoms with Crippen molar-refractivity contribution in [3.05, 3.63) is 53.3 Å². The maximum Gasteiger partial charge on any atom is 0.251 e. The predicted molar refractivity (Wildman–Crippen MR) is 84.6 cm³/mol. The van der Waals surface area contributed by atoms with Crippen molar-refractivity contribution in [3.8, 4) is 11.5 Å². The van der Waals surface area contributed by atoms with Gasteiger partial charge in [-0.15, -0.1) is 0 Å². The van der Waals surface area contributed by atoms with Crippen LogP contribution in [0.5, 0.6) is 11.5 Å². The van der Waals surface area contributed by atoms with Gasteiger partial charge in [-0.2, -0.15) is 0 Å². The van der Waals surface area contributed by atoms with E-state index in [1.54, 1.807) is 32.5 Å². The molecular formula is C17H20N2O3. The highest BCUT2D eigenvalue weighted by molar-refractivity contribution is 5.95. The van der Waals surface area contributed by atoms with Crippen molar-refractivity contribution in [2.45, 2.75) is 13.3 Å². The van der Waals surface area contributed by atoms with Crippen molar-refractivity contribution < 1.29 is 14.3 Å². The average Bonchev–Trinajstić information content (AvgIpc) is 2.56. The number of nitrogens with one attached hydrogen (secondary N) is 1. The van der Waals surface area contributed by atoms with Crippen molar-refractivity contribution in [2.24, 2.45) is 0 Å². The lowest BCUT2D eigenvalue weighted by Crippen LogP contribution is -2.26. The Morgan fingerprint density at radius 2 is 1.86 bits per heavy atom. The van der Waals surface area contributed by atoms with Crippen LogP contribution >= 0.6 is 0 Å². The van der Waals surface area contributed by atoms with Crippen LogP contribution in [-0.4, -0.2) is 31.7 Å². The van der Waals surface area contributed by atoms with Gasteiger partial charge < -0.3 is 14.8 Å². The van der Waals surface area contributed by atoms with E-state index in [0.29, 0.717) is 30.0 Å². The highest BCUT2D eigenvalue weighted by Crippen LogP contribution is 2.29. The molecule has 0 radical (unpaired) electrons. The molecule has 1 amide bonds. The zero-order chi connectivity index (χ0) is 15.9. The first-order valence-corrected chi connectivity index (χ1v) is 7.06. The number of benzene rings is 1. The van der Waals surface area contributed by atoms with E-state index >= 15 is 0 Å². The third kappa shape index (κ3) is 3.75. The summed E-state index contributed by atoms with van der Waals surface area (Å²) < 4.78 is 10.6. The molecule has 0 aliphatic heterocycles. The van der Waals surface area contributed by atoms with Crippen LogP contribution in [0.25, 0.3) is 0 Å². The van der Waals surface area contributed by atoms with Gasteiger partial charge in [0, 0.05) is 36.0 Å². The first-order chi connectivity index (χ1) is 10.7. The third-order valence-corrected chi connectivity index (χ3v) is 3.41. The Morgan fingerprint density at radius 3 is 2.41 bits per heavy atom. The van der Waals surface area contributed by atoms with Crippen LogP contribution < -0.4 is 14.8 Å². The molecule has 0 aliphatic carbocycles. The molecule has 0 atom stereocenters. The number of ether oxygens (including phenoxy) is 2. The molecular weight excluding hydrogens is 280 g/mol. The molecule has 22 heavy (non-hydrogen) atoms. The maximum atomic E-state index is 12.2. The van der Waals surface area contributed by atoms with E-state index in [4.69, 9.17) is 9.47 Å². The van der Waals surface area contributed by atoms with E-state index in [2.05, 4.69) is 10.3 Å². The zero-order valence-electron chi connectivity index (χ0n) is 13.1. The second-order valence-corrected chi connectivity index (χ2v) is 4.83. The summed E-state index contributed by atoms with van der Waals surface area (Å²) in [6.45, 7) is 2.41. The fourth-order valence-corrected chi connectivity index (χ4v) is 2.17. The molecule has 1 heterocycles. The van der Waals surface area contributed by atoms with Gasteiger partial charge in [-0.1, -0.05) is 6.07 Å². The van der Waals surface area contributed by atoms with E-state index in [9.17, 15) is 4.79 Å². The Morgan fingerprint density at radius 1 is 1.18 bits per heavy atom. The summed E-state index contributed by atoms with van der Waals surface area (Å²) in [6, 6.07) is 9.17. The van der Waals surface area contributed by atoms with E-state index in [0.717, 1.165) is 11.3 Å². The minimum Gasteiger partial charge on any atom is -0.496 e. The minimum atomic E-state index is -0.160. The number of aromatic nitrogens is 1. The van der Waals surface area contributed by atoms with Crippen molar-refractivity contribution in [1.82, 2.24) is 10.3 Å². The summed E-state index contributed by atoms with van der Waals surface area (Å²) in [7, 11) is 3.15. The molecule has 5 heteroatoms. The number of methoxy groups -OCH3 is 2. The summed E-state index contributed by atoms with van der Waals surface area (Å²) in [5.41, 5.74) is 2.33. The number of hydrogen-bond donors (Lipinski definition) is 1. The Kier molecular flexibility index (Phi) is 5.36. The summed E-state index contributed by atoms with van der Waals surface area (Å²) in [5.74, 6) is 1.11. The molecule has 116 valence electrons. The lowest BCUT2D eigenvalue weighted by atomic mass is 10.1. The van der Waals surface area contributed by atoms with Crippen molar-refractivity contribution in [3.63, 3.8) is 0 Å². The fourth-order valence-electron chi connectivity index (χ4n) is 2.17. The molecule has 1 aromatic heterocycles. The highest BCUT2D eigenvalue weighted by atomic mass is 16.5. The van der Waals surface area contributed by atoms with Gasteiger partial charge in [-0.25, -0.2) is 0 Å². The number of carbonyl (C=O) groups is 1. The molecule has 2 rings (SSSR count). The lowest BCUT2D eigenvalue weighted by Gasteiger charge is -2.12. The van der Waals surface area contributed by atoms with Crippen molar-refractivity contribution in [1.29, 1.82) is 0 Å². The molecule has 1 aromatic carbocycles. The predicted octanol–water partition coefficient (Wildman–Crippen LogP) is 2.38. The quantitative estimate of drug-likeness (QED) is 0.890. The number of pyridine rings is 1. The van der Waals surface area contributed by atoms with Crippen molar-refractivity contribution in [2.75, 3.05) is 20.8 Å².